The third-order valence-corrected chi connectivity index (χ3v) is 3.52. The number of rotatable bonds is 5. The van der Waals surface area contributed by atoms with Crippen LogP contribution in [0.1, 0.15) is 17.4 Å². The Labute approximate surface area is 147 Å². The summed E-state index contributed by atoms with van der Waals surface area (Å²) in [7, 11) is 0. The predicted octanol–water partition coefficient (Wildman–Crippen LogP) is 4.23. The first-order chi connectivity index (χ1) is 12.1. The van der Waals surface area contributed by atoms with Gasteiger partial charge in [0, 0.05) is 5.02 Å². The van der Waals surface area contributed by atoms with Gasteiger partial charge >= 0.3 is 5.97 Å². The lowest BCUT2D eigenvalue weighted by molar-refractivity contribution is 0.0520. The van der Waals surface area contributed by atoms with E-state index in [1.807, 2.05) is 0 Å². The van der Waals surface area contributed by atoms with E-state index in [0.29, 0.717) is 10.8 Å². The van der Waals surface area contributed by atoms with Crippen LogP contribution < -0.4 is 4.74 Å². The van der Waals surface area contributed by atoms with E-state index < -0.39 is 11.8 Å². The van der Waals surface area contributed by atoms with Gasteiger partial charge in [-0.3, -0.25) is 0 Å². The Kier molecular flexibility index (Phi) is 4.95. The standard InChI is InChI=1S/C17H13ClFN3O3/c1-2-24-17(23)16-15(20-22-21-16)14-12(19)4-3-5-13(14)25-11-8-6-10(18)7-9-11/h3-9H,2H2,1H3,(H,20,21,22). The van der Waals surface area contributed by atoms with E-state index >= 15 is 0 Å². The van der Waals surface area contributed by atoms with Gasteiger partial charge in [0.25, 0.3) is 0 Å². The average Bonchev–Trinajstić information content (AvgIpc) is 3.06. The summed E-state index contributed by atoms with van der Waals surface area (Å²) < 4.78 is 25.1. The van der Waals surface area contributed by atoms with Crippen LogP contribution >= 0.6 is 11.6 Å². The number of carbonyl (C=O) groups excluding carboxylic acids is 1. The second kappa shape index (κ2) is 7.31. The number of halogens is 2. The van der Waals surface area contributed by atoms with Crippen molar-refractivity contribution in [3.63, 3.8) is 0 Å². The van der Waals surface area contributed by atoms with Crippen molar-refractivity contribution >= 4 is 17.6 Å². The highest BCUT2D eigenvalue weighted by atomic mass is 35.5. The van der Waals surface area contributed by atoms with Crippen molar-refractivity contribution in [3.8, 4) is 22.8 Å². The van der Waals surface area contributed by atoms with E-state index in [9.17, 15) is 9.18 Å². The molecule has 1 N–H and O–H groups in total. The van der Waals surface area contributed by atoms with Gasteiger partial charge in [0.1, 0.15) is 23.0 Å². The molecule has 3 aromatic rings. The maximum Gasteiger partial charge on any atom is 0.361 e. The van der Waals surface area contributed by atoms with E-state index in [1.54, 1.807) is 37.3 Å². The van der Waals surface area contributed by atoms with E-state index in [4.69, 9.17) is 21.1 Å². The Morgan fingerprint density at radius 2 is 1.96 bits per heavy atom. The van der Waals surface area contributed by atoms with Gasteiger partial charge in [-0.1, -0.05) is 17.7 Å². The number of ether oxygens (including phenoxy) is 2. The number of benzene rings is 2. The van der Waals surface area contributed by atoms with Gasteiger partial charge in [0.05, 0.1) is 12.2 Å². The quantitative estimate of drug-likeness (QED) is 0.688. The van der Waals surface area contributed by atoms with Crippen LogP contribution in [-0.4, -0.2) is 28.0 Å². The molecule has 0 radical (unpaired) electrons. The molecule has 0 saturated heterocycles. The number of hydrogen-bond donors (Lipinski definition) is 1. The third-order valence-electron chi connectivity index (χ3n) is 3.27. The highest BCUT2D eigenvalue weighted by Gasteiger charge is 2.24. The highest BCUT2D eigenvalue weighted by Crippen LogP contribution is 2.36. The minimum Gasteiger partial charge on any atom is -0.461 e. The normalized spacial score (nSPS) is 10.5. The Bertz CT molecular complexity index is 896. The van der Waals surface area contributed by atoms with Gasteiger partial charge in [-0.25, -0.2) is 9.18 Å². The first-order valence-electron chi connectivity index (χ1n) is 7.40. The summed E-state index contributed by atoms with van der Waals surface area (Å²) in [5, 5.41) is 10.5. The fourth-order valence-electron chi connectivity index (χ4n) is 2.20. The molecule has 0 aliphatic carbocycles. The molecule has 3 rings (SSSR count). The van der Waals surface area contributed by atoms with Crippen molar-refractivity contribution < 1.29 is 18.7 Å². The average molecular weight is 362 g/mol. The monoisotopic (exact) mass is 361 g/mol. The Balaban J connectivity index is 2.04. The number of hydrogen-bond acceptors (Lipinski definition) is 5. The van der Waals surface area contributed by atoms with Crippen molar-refractivity contribution in [1.29, 1.82) is 0 Å². The summed E-state index contributed by atoms with van der Waals surface area (Å²) in [5.41, 5.74) is -0.0947. The van der Waals surface area contributed by atoms with Crippen LogP contribution in [0.3, 0.4) is 0 Å². The molecule has 2 aromatic carbocycles. The number of carbonyl (C=O) groups is 1. The van der Waals surface area contributed by atoms with Crippen LogP contribution in [0, 0.1) is 5.82 Å². The molecular formula is C17H13ClFN3O3. The Hall–Kier alpha value is -2.93. The lowest BCUT2D eigenvalue weighted by Gasteiger charge is -2.11. The van der Waals surface area contributed by atoms with E-state index in [0.717, 1.165) is 0 Å². The summed E-state index contributed by atoms with van der Waals surface area (Å²) >= 11 is 5.85. The molecule has 0 aliphatic heterocycles. The van der Waals surface area contributed by atoms with Gasteiger partial charge in [0.15, 0.2) is 5.69 Å². The predicted molar refractivity (Wildman–Crippen MR) is 89.3 cm³/mol. The molecule has 25 heavy (non-hydrogen) atoms. The molecule has 0 spiro atoms. The van der Waals surface area contributed by atoms with E-state index in [-0.39, 0.29) is 29.3 Å². The SMILES string of the molecule is CCOC(=O)c1n[nH]nc1-c1c(F)cccc1Oc1ccc(Cl)cc1. The van der Waals surface area contributed by atoms with Crippen LogP contribution in [0.5, 0.6) is 11.5 Å². The number of aromatic nitrogens is 3. The fraction of sp³-hybridized carbons (Fsp3) is 0.118. The molecule has 8 heteroatoms. The minimum absolute atomic E-state index is 0.00857. The fourth-order valence-corrected chi connectivity index (χ4v) is 2.32. The Morgan fingerprint density at radius 3 is 2.68 bits per heavy atom. The largest absolute Gasteiger partial charge is 0.461 e. The number of nitrogens with zero attached hydrogens (tertiary/aromatic N) is 2. The molecule has 128 valence electrons. The molecule has 0 unspecified atom stereocenters. The van der Waals surface area contributed by atoms with Gasteiger partial charge in [-0.05, 0) is 43.3 Å². The summed E-state index contributed by atoms with van der Waals surface area (Å²) in [6, 6.07) is 10.9. The van der Waals surface area contributed by atoms with Gasteiger partial charge < -0.3 is 9.47 Å². The van der Waals surface area contributed by atoms with Crippen LogP contribution in [-0.2, 0) is 4.74 Å². The molecule has 0 fully saturated rings. The van der Waals surface area contributed by atoms with Gasteiger partial charge in [0.2, 0.25) is 0 Å². The summed E-state index contributed by atoms with van der Waals surface area (Å²) in [6.45, 7) is 1.83. The molecule has 0 saturated carbocycles. The molecule has 0 amide bonds. The number of H-pyrrole nitrogens is 1. The molecule has 1 heterocycles. The maximum absolute atomic E-state index is 14.5. The minimum atomic E-state index is -0.702. The zero-order valence-corrected chi connectivity index (χ0v) is 13.9. The second-order valence-electron chi connectivity index (χ2n) is 4.91. The van der Waals surface area contributed by atoms with Crippen LogP contribution in [0.2, 0.25) is 5.02 Å². The van der Waals surface area contributed by atoms with Crippen molar-refractivity contribution in [2.45, 2.75) is 6.92 Å². The number of aromatic amines is 1. The zero-order valence-electron chi connectivity index (χ0n) is 13.1. The van der Waals surface area contributed by atoms with Crippen LogP contribution in [0.25, 0.3) is 11.3 Å². The molecular weight excluding hydrogens is 349 g/mol. The van der Waals surface area contributed by atoms with Gasteiger partial charge in [-0.15, -0.1) is 5.10 Å². The lowest BCUT2D eigenvalue weighted by Crippen LogP contribution is -2.07. The van der Waals surface area contributed by atoms with Crippen molar-refractivity contribution in [1.82, 2.24) is 15.4 Å². The van der Waals surface area contributed by atoms with E-state index in [2.05, 4.69) is 15.4 Å². The smallest absolute Gasteiger partial charge is 0.361 e. The first-order valence-corrected chi connectivity index (χ1v) is 7.78. The van der Waals surface area contributed by atoms with Crippen molar-refractivity contribution in [2.24, 2.45) is 0 Å². The van der Waals surface area contributed by atoms with E-state index in [1.165, 1.54) is 12.1 Å². The molecule has 0 atom stereocenters. The summed E-state index contributed by atoms with van der Waals surface area (Å²) in [4.78, 5) is 12.0. The molecule has 6 nitrogen and oxygen atoms in total. The highest BCUT2D eigenvalue weighted by molar-refractivity contribution is 6.30. The van der Waals surface area contributed by atoms with Crippen LogP contribution in [0.15, 0.2) is 42.5 Å². The number of nitrogens with one attached hydrogen (secondary N) is 1. The first kappa shape index (κ1) is 16.9. The van der Waals surface area contributed by atoms with Crippen LogP contribution in [0.4, 0.5) is 4.39 Å². The third kappa shape index (κ3) is 3.61. The zero-order chi connectivity index (χ0) is 17.8. The Morgan fingerprint density at radius 1 is 1.20 bits per heavy atom. The number of esters is 1. The summed E-state index contributed by atoms with van der Waals surface area (Å²) in [5.74, 6) is -0.669. The summed E-state index contributed by atoms with van der Waals surface area (Å²) in [6.07, 6.45) is 0. The molecule has 1 aromatic heterocycles. The second-order valence-corrected chi connectivity index (χ2v) is 5.35. The maximum atomic E-state index is 14.5. The topological polar surface area (TPSA) is 77.1 Å². The van der Waals surface area contributed by atoms with Crippen molar-refractivity contribution in [3.05, 3.63) is 59.0 Å². The van der Waals surface area contributed by atoms with Crippen molar-refractivity contribution in [2.75, 3.05) is 6.61 Å². The lowest BCUT2D eigenvalue weighted by atomic mass is 10.1. The van der Waals surface area contributed by atoms with Gasteiger partial charge in [-0.2, -0.15) is 10.3 Å². The molecule has 0 aliphatic rings. The molecule has 0 bridgehead atoms.